The topological polar surface area (TPSA) is 196 Å². The first-order chi connectivity index (χ1) is 71.1. The number of ketones is 1. The predicted molar refractivity (Wildman–Crippen MR) is 644 cm³/mol. The van der Waals surface area contributed by atoms with E-state index in [0.29, 0.717) is 23.1 Å². The minimum Gasteiger partial charge on any atom is -0.478 e. The van der Waals surface area contributed by atoms with Gasteiger partial charge in [-0.15, -0.1) is 6.42 Å². The van der Waals surface area contributed by atoms with Gasteiger partial charge in [0.1, 0.15) is 0 Å². The number of para-hydroxylation sites is 1. The molecule has 17 aromatic rings. The van der Waals surface area contributed by atoms with Gasteiger partial charge in [-0.3, -0.25) is 4.79 Å². The summed E-state index contributed by atoms with van der Waals surface area (Å²) in [6.45, 7) is 27.7. The number of allylic oxidation sites excluding steroid dienone is 3. The molecule has 9 nitrogen and oxygen atoms in total. The Bertz CT molecular complexity index is 5800. The molecule has 0 unspecified atom stereocenters. The molecule has 10 N–H and O–H groups in total. The summed E-state index contributed by atoms with van der Waals surface area (Å²) >= 11 is 0. The molecule has 0 radical (unpaired) electrons. The van der Waals surface area contributed by atoms with Crippen LogP contribution in [0.4, 0.5) is 5.69 Å². The molecule has 0 amide bonds. The zero-order chi connectivity index (χ0) is 106. The maximum atomic E-state index is 12.3. The fourth-order valence-electron chi connectivity index (χ4n) is 13.1. The molecule has 14 heteroatoms. The molecule has 0 bridgehead atoms. The van der Waals surface area contributed by atoms with Crippen molar-refractivity contribution in [3.63, 3.8) is 0 Å². The number of hydrogen-bond acceptors (Lipinski definition) is 7. The molecule has 0 fully saturated rings. The molecule has 0 aliphatic carbocycles. The van der Waals surface area contributed by atoms with Gasteiger partial charge >= 0.3 is 11.9 Å². The van der Waals surface area contributed by atoms with Crippen LogP contribution < -0.4 is 86.6 Å². The molecule has 146 heavy (non-hydrogen) atoms. The summed E-state index contributed by atoms with van der Waals surface area (Å²) in [6, 6.07) is 164. The van der Waals surface area contributed by atoms with Crippen molar-refractivity contribution in [1.29, 1.82) is 0 Å². The number of rotatable bonds is 17. The number of Topliss-reactive ketones (excluding diaryl/α,β-unsaturated/α-hetero) is 1. The zero-order valence-corrected chi connectivity index (χ0v) is 91.5. The fraction of sp³-hybridized carbons (Fsp3) is 0.114. The van der Waals surface area contributed by atoms with Crippen LogP contribution in [0, 0.1) is 63.7 Å². The number of hydrogen-bond donors (Lipinski definition) is 6. The Morgan fingerprint density at radius 2 is 0.459 bits per heavy atom. The van der Waals surface area contributed by atoms with Gasteiger partial charge in [0.15, 0.2) is 5.78 Å². The summed E-state index contributed by atoms with van der Waals surface area (Å²) in [6.07, 6.45) is 13.7. The van der Waals surface area contributed by atoms with Gasteiger partial charge in [-0.1, -0.05) is 536 Å². The van der Waals surface area contributed by atoms with E-state index in [4.69, 9.17) is 39.6 Å². The Labute approximate surface area is 895 Å². The molecular formula is C132H146N4O5P4Pd. The van der Waals surface area contributed by atoms with Crippen LogP contribution in [0.3, 0.4) is 0 Å². The molecule has 17 rings (SSSR count). The van der Waals surface area contributed by atoms with E-state index in [1.54, 1.807) is 36.4 Å². The van der Waals surface area contributed by atoms with Crippen molar-refractivity contribution in [2.45, 2.75) is 103 Å². The normalized spacial score (nSPS) is 9.57. The van der Waals surface area contributed by atoms with Gasteiger partial charge in [0, 0.05) is 90.3 Å². The van der Waals surface area contributed by atoms with Gasteiger partial charge in [0.25, 0.3) is 0 Å². The second-order valence-corrected chi connectivity index (χ2v) is 38.5. The summed E-state index contributed by atoms with van der Waals surface area (Å²) < 4.78 is 0. The monoisotopic (exact) mass is 2100 g/mol. The Morgan fingerprint density at radius 1 is 0.267 bits per heavy atom. The van der Waals surface area contributed by atoms with E-state index in [0.717, 1.165) is 39.1 Å². The van der Waals surface area contributed by atoms with E-state index < -0.39 is 43.6 Å². The van der Waals surface area contributed by atoms with Crippen molar-refractivity contribution < 1.29 is 49.3 Å². The third kappa shape index (κ3) is 46.9. The Balaban J connectivity index is 0.00000166. The third-order valence-corrected chi connectivity index (χ3v) is 29.7. The largest absolute Gasteiger partial charge is 0.478 e. The number of nitrogens with two attached hydrogens (primary N) is 4. The van der Waals surface area contributed by atoms with Gasteiger partial charge in [0.05, 0.1) is 11.1 Å². The smallest absolute Gasteiger partial charge is 0.335 e. The molecule has 754 valence electrons. The van der Waals surface area contributed by atoms with Crippen LogP contribution in [-0.2, 0) is 26.8 Å². The second-order valence-electron chi connectivity index (χ2n) is 29.6. The van der Waals surface area contributed by atoms with Gasteiger partial charge < -0.3 is 33.1 Å². The molecule has 0 saturated carbocycles. The minimum atomic E-state index is -0.951. The van der Waals surface area contributed by atoms with E-state index in [-0.39, 0.29) is 36.0 Å². The quantitative estimate of drug-likeness (QED) is 0.0169. The minimum absolute atomic E-state index is 0. The number of carboxylic acid groups (broad SMARTS) is 2. The molecule has 0 heterocycles. The van der Waals surface area contributed by atoms with Gasteiger partial charge in [-0.25, -0.2) is 9.59 Å². The summed E-state index contributed by atoms with van der Waals surface area (Å²) in [5, 5.41) is 34.2. The van der Waals surface area contributed by atoms with Crippen LogP contribution in [0.25, 0.3) is 0 Å². The fourth-order valence-corrected chi connectivity index (χ4v) is 22.4. The maximum absolute atomic E-state index is 12.3. The number of carbonyl (C=O) groups excluding carboxylic acids is 1. The number of benzene rings is 17. The van der Waals surface area contributed by atoms with E-state index in [1.165, 1.54) is 94.4 Å². The van der Waals surface area contributed by atoms with Crippen molar-refractivity contribution in [2.24, 2.45) is 17.2 Å². The van der Waals surface area contributed by atoms with E-state index >= 15 is 0 Å². The maximum Gasteiger partial charge on any atom is 0.335 e. The SMILES string of the molecule is C#C/C=C/N.CC.CC.CC.CC.CC.Cc1ccc(C(=O)Cc2ccccc2)cc1C#C/C=C/N.Cc1ccc(C(=O)O)cc1C.Cc1ccc(C(=O)O)cc1C#C/C=C/N.Nc1ccccc1.[3HH].[3HH].[3HH].[Pd].c1ccc(P(c2ccccc2)c2ccccc2)cc1.c1ccc(P(c2ccccc2)c2ccccc2)cc1.c1ccc(P(c2ccccc2)c2ccccc2)cc1.c1ccc(P(c2ccccc2)c2ccccc2)cc1. The average molecular weight is 2100 g/mol. The van der Waals surface area contributed by atoms with Gasteiger partial charge in [-0.2, -0.15) is 0 Å². The molecule has 17 aromatic carbocycles. The summed E-state index contributed by atoms with van der Waals surface area (Å²) in [5.74, 6) is 11.9. The Hall–Kier alpha value is -15.2. The first-order valence-electron chi connectivity index (χ1n) is 48.6. The zero-order valence-electron chi connectivity index (χ0n) is 86.4. The van der Waals surface area contributed by atoms with E-state index in [9.17, 15) is 14.4 Å². The van der Waals surface area contributed by atoms with Crippen LogP contribution in [0.1, 0.15) is 144 Å². The van der Waals surface area contributed by atoms with Gasteiger partial charge in [-0.05, 0) is 193 Å². The molecule has 0 atom stereocenters. The molecule has 0 spiro atoms. The average Bonchev–Trinajstić information content (AvgIpc) is 0.828. The van der Waals surface area contributed by atoms with E-state index in [1.807, 2.05) is 182 Å². The number of aromatic carboxylic acids is 2. The molecular weight excluding hydrogens is 1950 g/mol. The summed E-state index contributed by atoms with van der Waals surface area (Å²) in [5.41, 5.74) is 29.4. The van der Waals surface area contributed by atoms with Crippen molar-refractivity contribution in [2.75, 3.05) is 5.73 Å². The Kier molecular flexibility index (Phi) is 67.1. The summed E-state index contributed by atoms with van der Waals surface area (Å²) in [4.78, 5) is 33.5. The second kappa shape index (κ2) is 78.4. The molecule has 0 saturated heterocycles. The number of anilines is 1. The van der Waals surface area contributed by atoms with Crippen LogP contribution in [-0.4, -0.2) is 27.9 Å². The number of carbonyl (C=O) groups is 3. The van der Waals surface area contributed by atoms with E-state index in [2.05, 4.69) is 394 Å². The number of carboxylic acids is 2. The molecule has 0 aliphatic rings. The Morgan fingerprint density at radius 3 is 0.644 bits per heavy atom. The van der Waals surface area contributed by atoms with Crippen molar-refractivity contribution in [3.05, 3.63) is 572 Å². The molecule has 0 aromatic heterocycles. The number of aryl methyl sites for hydroxylation is 4. The standard InChI is InChI=1S/C19H17NO.4C18H15P.C12H11NO2.C9H10O2.C6H7N.C4H5N.5C2H6.Pd.3H2/c1-15-10-11-18(14-17(15)9-5-6-12-20)19(21)13-16-7-3-2-4-8-16;4*1-4-10-16(11-5-1)19(17-12-6-2-7-13-17)18-14-8-3-9-15-18;1-9-5-6-11(12(14)15)8-10(9)4-2-3-7-13;1-6-3-4-8(9(10)11)5-7(6)2;7-6-4-2-1-3-5-6;1-2-3-4-5;5*1-2;;;;/h2-4,6-8,10-12,14H,13,20H2,1H3;4*1-15H;3,5-8H,13H2,1H3,(H,14,15);3-5H,1-2H3,(H,10,11);1-5H,7H2;1,3-4H,5H2;5*1-2H3;;3*1H/b12-6+;;;;;7-3+;;;4-3+;;;;;;;;;/i;;;;;;;;;;;;;;;3*1+2. The predicted octanol–water partition coefficient (Wildman–Crippen LogP) is 27.8. The summed E-state index contributed by atoms with van der Waals surface area (Å²) in [7, 11) is -1.78. The molecule has 0 aliphatic heterocycles. The first kappa shape index (κ1) is 125. The van der Waals surface area contributed by atoms with Crippen molar-refractivity contribution in [1.82, 2.24) is 0 Å². The number of terminal acetylenes is 1. The first-order valence-corrected chi connectivity index (χ1v) is 54.0. The number of nitrogen functional groups attached to an aromatic ring is 1. The van der Waals surface area contributed by atoms with Crippen LogP contribution in [0.5, 0.6) is 0 Å². The van der Waals surface area contributed by atoms with Crippen LogP contribution >= 0.6 is 31.7 Å². The van der Waals surface area contributed by atoms with Crippen molar-refractivity contribution in [3.8, 4) is 36.0 Å². The third-order valence-electron chi connectivity index (χ3n) is 19.9. The van der Waals surface area contributed by atoms with Crippen LogP contribution in [0.15, 0.2) is 516 Å². The van der Waals surface area contributed by atoms with Gasteiger partial charge in [0.2, 0.25) is 0 Å². The van der Waals surface area contributed by atoms with Crippen LogP contribution in [0.2, 0.25) is 0 Å². The van der Waals surface area contributed by atoms with Crippen molar-refractivity contribution >= 4 is 119 Å².